The predicted molar refractivity (Wildman–Crippen MR) is 89.2 cm³/mol. The summed E-state index contributed by atoms with van der Waals surface area (Å²) in [5.41, 5.74) is 2.22. The minimum absolute atomic E-state index is 0.294. The number of para-hydroxylation sites is 2. The molecular formula is C17H13N3OS. The second kappa shape index (κ2) is 6.29. The average Bonchev–Trinajstić information content (AvgIpc) is 2.98. The number of nitriles is 1. The summed E-state index contributed by atoms with van der Waals surface area (Å²) < 4.78 is 5.65. The van der Waals surface area contributed by atoms with E-state index in [0.29, 0.717) is 28.7 Å². The van der Waals surface area contributed by atoms with E-state index in [-0.39, 0.29) is 0 Å². The maximum absolute atomic E-state index is 9.38. The van der Waals surface area contributed by atoms with Crippen LogP contribution >= 0.6 is 12.2 Å². The smallest absolute Gasteiger partial charge is 0.219 e. The molecule has 108 valence electrons. The van der Waals surface area contributed by atoms with Crippen molar-refractivity contribution in [2.45, 2.75) is 6.54 Å². The highest BCUT2D eigenvalue weighted by molar-refractivity contribution is 7.80. The Kier molecular flexibility index (Phi) is 4.03. The number of nitrogens with zero attached hydrogens (tertiary/aromatic N) is 1. The molecule has 0 unspecified atom stereocenters. The molecule has 1 heterocycles. The zero-order chi connectivity index (χ0) is 15.4. The molecule has 0 fully saturated rings. The summed E-state index contributed by atoms with van der Waals surface area (Å²) >= 11 is 5.31. The molecule has 2 N–H and O–H groups in total. The lowest BCUT2D eigenvalue weighted by Crippen LogP contribution is -2.24. The van der Waals surface area contributed by atoms with Gasteiger partial charge in [-0.15, -0.1) is 0 Å². The second-order valence-corrected chi connectivity index (χ2v) is 5.12. The van der Waals surface area contributed by atoms with E-state index in [1.165, 1.54) is 0 Å². The van der Waals surface area contributed by atoms with Crippen LogP contribution in [0, 0.1) is 11.3 Å². The molecular weight excluding hydrogens is 294 g/mol. The third kappa shape index (κ3) is 2.92. The van der Waals surface area contributed by atoms with Gasteiger partial charge >= 0.3 is 0 Å². The maximum Gasteiger partial charge on any atom is 0.219 e. The maximum atomic E-state index is 9.38. The van der Waals surface area contributed by atoms with Crippen molar-refractivity contribution in [2.24, 2.45) is 0 Å². The molecule has 5 heteroatoms. The van der Waals surface area contributed by atoms with E-state index in [4.69, 9.17) is 17.0 Å². The van der Waals surface area contributed by atoms with Crippen molar-refractivity contribution in [3.63, 3.8) is 0 Å². The van der Waals surface area contributed by atoms with Gasteiger partial charge in [-0.1, -0.05) is 54.7 Å². The first-order valence-corrected chi connectivity index (χ1v) is 7.19. The third-order valence-electron chi connectivity index (χ3n) is 3.21. The van der Waals surface area contributed by atoms with Crippen LogP contribution in [0.1, 0.15) is 5.56 Å². The molecule has 0 bridgehead atoms. The Morgan fingerprint density at radius 2 is 1.86 bits per heavy atom. The average molecular weight is 307 g/mol. The van der Waals surface area contributed by atoms with E-state index in [2.05, 4.69) is 16.7 Å². The van der Waals surface area contributed by atoms with Crippen LogP contribution in [-0.2, 0) is 6.54 Å². The van der Waals surface area contributed by atoms with Crippen molar-refractivity contribution in [1.29, 1.82) is 5.26 Å². The van der Waals surface area contributed by atoms with E-state index in [9.17, 15) is 5.26 Å². The molecule has 2 aromatic rings. The summed E-state index contributed by atoms with van der Waals surface area (Å²) in [4.78, 5) is 0.363. The van der Waals surface area contributed by atoms with Crippen LogP contribution in [0.4, 0.5) is 5.69 Å². The van der Waals surface area contributed by atoms with Crippen LogP contribution in [0.2, 0.25) is 0 Å². The Morgan fingerprint density at radius 1 is 1.14 bits per heavy atom. The molecule has 0 spiro atoms. The van der Waals surface area contributed by atoms with Crippen LogP contribution in [0.15, 0.2) is 66.1 Å². The van der Waals surface area contributed by atoms with Gasteiger partial charge in [0.25, 0.3) is 0 Å². The van der Waals surface area contributed by atoms with Gasteiger partial charge < -0.3 is 15.4 Å². The first-order chi connectivity index (χ1) is 10.8. The zero-order valence-electron chi connectivity index (χ0n) is 11.7. The molecule has 1 aliphatic rings. The van der Waals surface area contributed by atoms with Gasteiger partial charge in [0.1, 0.15) is 16.6 Å². The Hall–Kier alpha value is -2.84. The SMILES string of the molecule is N#C/C(C(=S)NCc1ccccc1)=C1/Nc2ccccc2O1. The Balaban J connectivity index is 1.74. The van der Waals surface area contributed by atoms with Gasteiger partial charge in [-0.2, -0.15) is 5.26 Å². The van der Waals surface area contributed by atoms with Gasteiger partial charge in [0.15, 0.2) is 5.75 Å². The molecule has 4 nitrogen and oxygen atoms in total. The Bertz CT molecular complexity index is 751. The largest absolute Gasteiger partial charge is 0.437 e. The van der Waals surface area contributed by atoms with Crippen molar-refractivity contribution in [3.8, 4) is 11.8 Å². The molecule has 0 atom stereocenters. The lowest BCUT2D eigenvalue weighted by Gasteiger charge is -2.09. The Morgan fingerprint density at radius 3 is 2.59 bits per heavy atom. The number of thiocarbonyl (C=S) groups is 1. The van der Waals surface area contributed by atoms with E-state index in [0.717, 1.165) is 11.3 Å². The van der Waals surface area contributed by atoms with Gasteiger partial charge in [-0.25, -0.2) is 0 Å². The summed E-state index contributed by atoms with van der Waals surface area (Å²) in [6.45, 7) is 0.561. The van der Waals surface area contributed by atoms with Gasteiger partial charge in [0.2, 0.25) is 5.88 Å². The van der Waals surface area contributed by atoms with Crippen molar-refractivity contribution in [1.82, 2.24) is 5.32 Å². The van der Waals surface area contributed by atoms with Crippen molar-refractivity contribution in [2.75, 3.05) is 5.32 Å². The highest BCUT2D eigenvalue weighted by Gasteiger charge is 2.22. The number of fused-ring (bicyclic) bond motifs is 1. The lowest BCUT2D eigenvalue weighted by molar-refractivity contribution is 0.455. The fraction of sp³-hybridized carbons (Fsp3) is 0.0588. The fourth-order valence-electron chi connectivity index (χ4n) is 2.10. The van der Waals surface area contributed by atoms with E-state index >= 15 is 0 Å². The van der Waals surface area contributed by atoms with Crippen LogP contribution < -0.4 is 15.4 Å². The molecule has 3 rings (SSSR count). The van der Waals surface area contributed by atoms with E-state index in [1.54, 1.807) is 0 Å². The zero-order valence-corrected chi connectivity index (χ0v) is 12.5. The number of rotatable bonds is 3. The minimum Gasteiger partial charge on any atom is -0.437 e. The first-order valence-electron chi connectivity index (χ1n) is 6.78. The standard InChI is InChI=1S/C17H13N3OS/c18-10-13(16-20-14-8-4-5-9-15(14)21-16)17(22)19-11-12-6-2-1-3-7-12/h1-9,20H,11H2,(H,19,22)/b16-13+. The quantitative estimate of drug-likeness (QED) is 0.517. The van der Waals surface area contributed by atoms with Crippen LogP contribution in [0.3, 0.4) is 0 Å². The normalized spacial score (nSPS) is 14.1. The molecule has 1 aliphatic heterocycles. The number of ether oxygens (including phenoxy) is 1. The molecule has 0 amide bonds. The number of nitrogens with one attached hydrogen (secondary N) is 2. The van der Waals surface area contributed by atoms with Gasteiger partial charge in [-0.05, 0) is 17.7 Å². The minimum atomic E-state index is 0.294. The summed E-state index contributed by atoms with van der Waals surface area (Å²) in [6, 6.07) is 19.5. The molecule has 22 heavy (non-hydrogen) atoms. The summed E-state index contributed by atoms with van der Waals surface area (Å²) in [7, 11) is 0. The number of hydrogen-bond donors (Lipinski definition) is 2. The third-order valence-corrected chi connectivity index (χ3v) is 3.56. The fourth-order valence-corrected chi connectivity index (χ4v) is 2.31. The van der Waals surface area contributed by atoms with Gasteiger partial charge in [0.05, 0.1) is 5.69 Å². The number of anilines is 1. The molecule has 0 aliphatic carbocycles. The van der Waals surface area contributed by atoms with Crippen LogP contribution in [-0.4, -0.2) is 4.99 Å². The van der Waals surface area contributed by atoms with Crippen molar-refractivity contribution in [3.05, 3.63) is 71.6 Å². The van der Waals surface area contributed by atoms with Gasteiger partial charge in [-0.3, -0.25) is 0 Å². The monoisotopic (exact) mass is 307 g/mol. The highest BCUT2D eigenvalue weighted by atomic mass is 32.1. The van der Waals surface area contributed by atoms with E-state index < -0.39 is 0 Å². The molecule has 2 aromatic carbocycles. The van der Waals surface area contributed by atoms with Gasteiger partial charge in [0, 0.05) is 6.54 Å². The van der Waals surface area contributed by atoms with Crippen LogP contribution in [0.5, 0.6) is 5.75 Å². The molecule has 0 saturated carbocycles. The second-order valence-electron chi connectivity index (χ2n) is 4.71. The topological polar surface area (TPSA) is 57.1 Å². The summed E-state index contributed by atoms with van der Waals surface area (Å²) in [5, 5.41) is 15.5. The van der Waals surface area contributed by atoms with E-state index in [1.807, 2.05) is 54.6 Å². The molecule has 0 aromatic heterocycles. The molecule has 0 radical (unpaired) electrons. The lowest BCUT2D eigenvalue weighted by atomic mass is 10.2. The van der Waals surface area contributed by atoms with Crippen LogP contribution in [0.25, 0.3) is 0 Å². The highest BCUT2D eigenvalue weighted by Crippen LogP contribution is 2.33. The predicted octanol–water partition coefficient (Wildman–Crippen LogP) is 3.34. The Labute approximate surface area is 134 Å². The number of benzene rings is 2. The number of hydrogen-bond acceptors (Lipinski definition) is 4. The summed E-state index contributed by atoms with van der Waals surface area (Å²) in [5.74, 6) is 1.06. The first kappa shape index (κ1) is 14.1. The molecule has 0 saturated heterocycles. The summed E-state index contributed by atoms with van der Waals surface area (Å²) in [6.07, 6.45) is 0. The van der Waals surface area contributed by atoms with Crippen molar-refractivity contribution >= 4 is 22.9 Å². The van der Waals surface area contributed by atoms with Crippen molar-refractivity contribution < 1.29 is 4.74 Å².